The summed E-state index contributed by atoms with van der Waals surface area (Å²) < 4.78 is 0. The number of rotatable bonds is 6. The van der Waals surface area contributed by atoms with E-state index in [1.165, 1.54) is 38.5 Å². The second-order valence-electron chi connectivity index (χ2n) is 11.3. The average molecular weight is 417 g/mol. The van der Waals surface area contributed by atoms with Crippen LogP contribution < -0.4 is 0 Å². The molecule has 30 heavy (non-hydrogen) atoms. The molecule has 3 aliphatic rings. The fourth-order valence-corrected chi connectivity index (χ4v) is 6.50. The van der Waals surface area contributed by atoms with Crippen LogP contribution in [0.15, 0.2) is 35.5 Å². The first kappa shape index (κ1) is 23.8. The summed E-state index contributed by atoms with van der Waals surface area (Å²) in [6.45, 7) is 12.6. The molecule has 0 aliphatic heterocycles. The Labute approximate surface area is 184 Å². The maximum absolute atomic E-state index is 10.1. The van der Waals surface area contributed by atoms with E-state index in [9.17, 15) is 15.3 Å². The van der Waals surface area contributed by atoms with Crippen molar-refractivity contribution in [2.24, 2.45) is 23.2 Å². The topological polar surface area (TPSA) is 60.7 Å². The summed E-state index contributed by atoms with van der Waals surface area (Å²) in [6.07, 6.45) is 14.0. The van der Waals surface area contributed by atoms with Gasteiger partial charge in [-0.15, -0.1) is 0 Å². The highest BCUT2D eigenvalue weighted by Gasteiger charge is 2.49. The van der Waals surface area contributed by atoms with E-state index in [-0.39, 0.29) is 0 Å². The fourth-order valence-electron chi connectivity index (χ4n) is 6.50. The van der Waals surface area contributed by atoms with Crippen LogP contribution in [-0.4, -0.2) is 33.1 Å². The molecule has 3 saturated carbocycles. The molecule has 0 spiro atoms. The molecule has 0 saturated heterocycles. The van der Waals surface area contributed by atoms with Crippen molar-refractivity contribution < 1.29 is 15.3 Å². The maximum atomic E-state index is 10.1. The van der Waals surface area contributed by atoms with Gasteiger partial charge in [0.1, 0.15) is 0 Å². The van der Waals surface area contributed by atoms with Crippen LogP contribution >= 0.6 is 0 Å². The van der Waals surface area contributed by atoms with E-state index >= 15 is 0 Å². The van der Waals surface area contributed by atoms with E-state index in [2.05, 4.69) is 32.6 Å². The van der Waals surface area contributed by atoms with Crippen LogP contribution in [-0.2, 0) is 0 Å². The van der Waals surface area contributed by atoms with Gasteiger partial charge in [-0.2, -0.15) is 0 Å². The van der Waals surface area contributed by atoms with E-state index in [4.69, 9.17) is 0 Å². The molecule has 0 radical (unpaired) electrons. The Balaban J connectivity index is 1.68. The number of aliphatic hydroxyl groups excluding tert-OH is 2. The summed E-state index contributed by atoms with van der Waals surface area (Å²) in [4.78, 5) is 0. The van der Waals surface area contributed by atoms with Crippen molar-refractivity contribution in [3.05, 3.63) is 35.5 Å². The zero-order chi connectivity index (χ0) is 22.1. The molecular weight excluding hydrogens is 372 g/mol. The van der Waals surface area contributed by atoms with Crippen LogP contribution in [0, 0.1) is 23.2 Å². The Morgan fingerprint density at radius 1 is 1.17 bits per heavy atom. The quantitative estimate of drug-likeness (QED) is 0.486. The third kappa shape index (κ3) is 5.29. The van der Waals surface area contributed by atoms with Crippen molar-refractivity contribution in [1.82, 2.24) is 0 Å². The number of allylic oxidation sites excluding steroid dienone is 3. The molecule has 1 unspecified atom stereocenters. The lowest BCUT2D eigenvalue weighted by Gasteiger charge is -2.42. The smallest absolute Gasteiger partial charge is 0.0809 e. The molecule has 3 fully saturated rings. The normalized spacial score (nSPS) is 37.4. The van der Waals surface area contributed by atoms with E-state index in [0.717, 1.165) is 30.3 Å². The Morgan fingerprint density at radius 3 is 2.47 bits per heavy atom. The van der Waals surface area contributed by atoms with Gasteiger partial charge in [-0.3, -0.25) is 0 Å². The molecule has 0 aromatic carbocycles. The van der Waals surface area contributed by atoms with Crippen LogP contribution in [0.4, 0.5) is 0 Å². The molecule has 3 aliphatic carbocycles. The SMILES string of the molecule is C=C1[C@H](O)CC(=C/C=C2\CCC[C@@H]3C([C@@H](C)CCCC(C)(C)O)CC[C@@]23C)C[C@H]1O. The number of hydrogen-bond donors (Lipinski definition) is 3. The van der Waals surface area contributed by atoms with Gasteiger partial charge >= 0.3 is 0 Å². The summed E-state index contributed by atoms with van der Waals surface area (Å²) in [5.74, 6) is 2.26. The standard InChI is InChI=1S/C27H44O3/c1-18(8-7-14-26(3,4)30)22-13-15-27(5)21(9-6-10-23(22)27)12-11-20-16-24(28)19(2)25(29)17-20/h11-12,18,22-25,28-30H,2,6-10,13-17H2,1,3-5H3/b21-12+/t18-,22?,23+,24+,25+,27-/m0/s1. The fraction of sp³-hybridized carbons (Fsp3) is 0.778. The van der Waals surface area contributed by atoms with Crippen LogP contribution in [0.5, 0.6) is 0 Å². The zero-order valence-electron chi connectivity index (χ0n) is 19.7. The highest BCUT2D eigenvalue weighted by Crippen LogP contribution is 2.59. The first-order valence-corrected chi connectivity index (χ1v) is 12.2. The van der Waals surface area contributed by atoms with Gasteiger partial charge in [0.15, 0.2) is 0 Å². The van der Waals surface area contributed by atoms with Gasteiger partial charge in [-0.1, -0.05) is 56.6 Å². The molecular formula is C27H44O3. The van der Waals surface area contributed by atoms with Crippen molar-refractivity contribution >= 4 is 0 Å². The lowest BCUT2D eigenvalue weighted by Crippen LogP contribution is -2.33. The summed E-state index contributed by atoms with van der Waals surface area (Å²) >= 11 is 0. The molecule has 3 N–H and O–H groups in total. The van der Waals surface area contributed by atoms with Crippen LogP contribution in [0.3, 0.4) is 0 Å². The van der Waals surface area contributed by atoms with Gasteiger partial charge in [-0.25, -0.2) is 0 Å². The monoisotopic (exact) mass is 416 g/mol. The average Bonchev–Trinajstić information content (AvgIpc) is 3.01. The van der Waals surface area contributed by atoms with E-state index in [1.54, 1.807) is 5.57 Å². The van der Waals surface area contributed by atoms with Crippen LogP contribution in [0.1, 0.15) is 91.9 Å². The van der Waals surface area contributed by atoms with Gasteiger partial charge in [0, 0.05) is 0 Å². The molecule has 0 bridgehead atoms. The van der Waals surface area contributed by atoms with Crippen molar-refractivity contribution in [3.63, 3.8) is 0 Å². The molecule has 0 heterocycles. The largest absolute Gasteiger partial charge is 0.390 e. The molecule has 3 rings (SSSR count). The number of fused-ring (bicyclic) bond motifs is 1. The molecule has 3 heteroatoms. The third-order valence-electron chi connectivity index (χ3n) is 8.49. The lowest BCUT2D eigenvalue weighted by molar-refractivity contribution is 0.0644. The minimum Gasteiger partial charge on any atom is -0.390 e. The molecule has 6 atom stereocenters. The summed E-state index contributed by atoms with van der Waals surface area (Å²) in [5, 5.41) is 30.3. The highest BCUT2D eigenvalue weighted by molar-refractivity contribution is 5.30. The number of hydrogen-bond acceptors (Lipinski definition) is 3. The van der Waals surface area contributed by atoms with Crippen molar-refractivity contribution in [2.45, 2.75) is 110 Å². The second kappa shape index (κ2) is 9.30. The van der Waals surface area contributed by atoms with Crippen molar-refractivity contribution in [3.8, 4) is 0 Å². The van der Waals surface area contributed by atoms with Gasteiger partial charge < -0.3 is 15.3 Å². The summed E-state index contributed by atoms with van der Waals surface area (Å²) in [7, 11) is 0. The minimum atomic E-state index is -0.617. The molecule has 0 aromatic heterocycles. The molecule has 0 amide bonds. The van der Waals surface area contributed by atoms with E-state index in [1.807, 2.05) is 13.8 Å². The zero-order valence-corrected chi connectivity index (χ0v) is 19.7. The molecule has 0 aromatic rings. The van der Waals surface area contributed by atoms with Gasteiger partial charge in [-0.05, 0) is 94.0 Å². The summed E-state index contributed by atoms with van der Waals surface area (Å²) in [6, 6.07) is 0. The van der Waals surface area contributed by atoms with Crippen LogP contribution in [0.25, 0.3) is 0 Å². The minimum absolute atomic E-state index is 0.292. The Morgan fingerprint density at radius 2 is 1.83 bits per heavy atom. The van der Waals surface area contributed by atoms with Crippen molar-refractivity contribution in [2.75, 3.05) is 0 Å². The van der Waals surface area contributed by atoms with Crippen molar-refractivity contribution in [1.29, 1.82) is 0 Å². The lowest BCUT2D eigenvalue weighted by atomic mass is 9.62. The first-order chi connectivity index (χ1) is 14.0. The maximum Gasteiger partial charge on any atom is 0.0809 e. The predicted molar refractivity (Wildman–Crippen MR) is 124 cm³/mol. The Bertz CT molecular complexity index is 667. The Kier molecular flexibility index (Phi) is 7.37. The second-order valence-corrected chi connectivity index (χ2v) is 11.3. The van der Waals surface area contributed by atoms with Gasteiger partial charge in [0.25, 0.3) is 0 Å². The van der Waals surface area contributed by atoms with Crippen LogP contribution in [0.2, 0.25) is 0 Å². The van der Waals surface area contributed by atoms with Gasteiger partial charge in [0.05, 0.1) is 17.8 Å². The third-order valence-corrected chi connectivity index (χ3v) is 8.49. The highest BCUT2D eigenvalue weighted by atomic mass is 16.3. The summed E-state index contributed by atoms with van der Waals surface area (Å²) in [5.41, 5.74) is 3.01. The molecule has 170 valence electrons. The first-order valence-electron chi connectivity index (χ1n) is 12.2. The van der Waals surface area contributed by atoms with E-state index in [0.29, 0.717) is 29.7 Å². The number of aliphatic hydroxyl groups is 3. The van der Waals surface area contributed by atoms with Gasteiger partial charge in [0.2, 0.25) is 0 Å². The Hall–Kier alpha value is -0.900. The molecule has 3 nitrogen and oxygen atoms in total. The van der Waals surface area contributed by atoms with E-state index < -0.39 is 17.8 Å². The predicted octanol–water partition coefficient (Wildman–Crippen LogP) is 5.70.